The average Bonchev–Trinajstić information content (AvgIpc) is 2.41. The first-order valence-electron chi connectivity index (χ1n) is 5.86. The molecule has 2 rings (SSSR count). The molecule has 0 radical (unpaired) electrons. The minimum Gasteiger partial charge on any atom is -0.206 e. The van der Waals surface area contributed by atoms with Crippen LogP contribution in [0.3, 0.4) is 0 Å². The third kappa shape index (κ3) is 3.59. The van der Waals surface area contributed by atoms with Crippen LogP contribution in [0.1, 0.15) is 17.0 Å². The third-order valence-electron chi connectivity index (χ3n) is 3.03. The van der Waals surface area contributed by atoms with Gasteiger partial charge in [0.1, 0.15) is 5.82 Å². The molecule has 100 valence electrons. The maximum absolute atomic E-state index is 13.5. The number of benzene rings is 2. The summed E-state index contributed by atoms with van der Waals surface area (Å²) in [6, 6.07) is 12.9. The van der Waals surface area contributed by atoms with Gasteiger partial charge in [-0.05, 0) is 51.5 Å². The van der Waals surface area contributed by atoms with Crippen molar-refractivity contribution in [2.24, 2.45) is 0 Å². The van der Waals surface area contributed by atoms with E-state index >= 15 is 0 Å². The first-order chi connectivity index (χ1) is 9.13. The van der Waals surface area contributed by atoms with Crippen LogP contribution < -0.4 is 0 Å². The molecule has 0 nitrogen and oxygen atoms in total. The van der Waals surface area contributed by atoms with E-state index < -0.39 is 0 Å². The second-order valence-corrected chi connectivity index (χ2v) is 6.14. The number of rotatable bonds is 4. The van der Waals surface area contributed by atoms with Gasteiger partial charge in [-0.1, -0.05) is 57.9 Å². The van der Waals surface area contributed by atoms with Crippen LogP contribution in [-0.2, 0) is 6.42 Å². The molecule has 0 aliphatic rings. The van der Waals surface area contributed by atoms with Crippen molar-refractivity contribution in [3.63, 3.8) is 0 Å². The lowest BCUT2D eigenvalue weighted by atomic mass is 9.93. The van der Waals surface area contributed by atoms with Gasteiger partial charge in [-0.2, -0.15) is 0 Å². The fourth-order valence-electron chi connectivity index (χ4n) is 2.03. The molecule has 2 aromatic rings. The van der Waals surface area contributed by atoms with Crippen LogP contribution in [0.15, 0.2) is 46.9 Å². The Morgan fingerprint density at radius 1 is 1.11 bits per heavy atom. The van der Waals surface area contributed by atoms with Gasteiger partial charge in [-0.15, -0.1) is 0 Å². The number of hydrogen-bond acceptors (Lipinski definition) is 0. The molecule has 0 aliphatic carbocycles. The van der Waals surface area contributed by atoms with E-state index in [4.69, 9.17) is 11.6 Å². The molecule has 0 bridgehead atoms. The summed E-state index contributed by atoms with van der Waals surface area (Å²) in [6.45, 7) is 0. The maximum Gasteiger partial charge on any atom is 0.137 e. The van der Waals surface area contributed by atoms with Crippen LogP contribution in [0.25, 0.3) is 0 Å². The molecule has 1 atom stereocenters. The van der Waals surface area contributed by atoms with Gasteiger partial charge in [0.25, 0.3) is 0 Å². The van der Waals surface area contributed by atoms with Gasteiger partial charge in [-0.3, -0.25) is 0 Å². The third-order valence-corrected chi connectivity index (χ3v) is 5.04. The minimum atomic E-state index is -0.231. The molecule has 0 saturated carbocycles. The van der Waals surface area contributed by atoms with Gasteiger partial charge in [0.15, 0.2) is 0 Å². The molecule has 0 N–H and O–H groups in total. The molecule has 0 aliphatic heterocycles. The molecule has 0 aromatic heterocycles. The summed E-state index contributed by atoms with van der Waals surface area (Å²) in [7, 11) is 0. The molecule has 0 spiro atoms. The van der Waals surface area contributed by atoms with Gasteiger partial charge in [0, 0.05) is 10.4 Å². The summed E-state index contributed by atoms with van der Waals surface area (Å²) in [4.78, 5) is 0. The first-order valence-corrected chi connectivity index (χ1v) is 8.16. The highest BCUT2D eigenvalue weighted by Gasteiger charge is 2.16. The van der Waals surface area contributed by atoms with E-state index in [1.165, 1.54) is 6.07 Å². The Labute approximate surface area is 134 Å². The monoisotopic (exact) mass is 404 g/mol. The van der Waals surface area contributed by atoms with Crippen LogP contribution in [0.2, 0.25) is 5.02 Å². The van der Waals surface area contributed by atoms with Crippen molar-refractivity contribution in [1.29, 1.82) is 0 Å². The Bertz CT molecular complexity index is 572. The molecule has 19 heavy (non-hydrogen) atoms. The number of halogens is 4. The molecular formula is C15H12Br2ClF. The Morgan fingerprint density at radius 2 is 1.84 bits per heavy atom. The Kier molecular flexibility index (Phi) is 5.43. The van der Waals surface area contributed by atoms with Crippen LogP contribution in [0.4, 0.5) is 4.39 Å². The first kappa shape index (κ1) is 15.0. The molecule has 0 saturated heterocycles. The summed E-state index contributed by atoms with van der Waals surface area (Å²) in [6.07, 6.45) is 0.729. The lowest BCUT2D eigenvalue weighted by Crippen LogP contribution is -2.06. The molecule has 0 fully saturated rings. The molecular weight excluding hydrogens is 394 g/mol. The van der Waals surface area contributed by atoms with Crippen molar-refractivity contribution < 1.29 is 4.39 Å². The van der Waals surface area contributed by atoms with Crippen molar-refractivity contribution in [3.05, 3.63) is 68.9 Å². The van der Waals surface area contributed by atoms with Crippen LogP contribution in [-0.4, -0.2) is 5.33 Å². The van der Waals surface area contributed by atoms with E-state index in [2.05, 4.69) is 31.9 Å². The van der Waals surface area contributed by atoms with Gasteiger partial charge < -0.3 is 0 Å². The highest BCUT2D eigenvalue weighted by atomic mass is 79.9. The quantitative estimate of drug-likeness (QED) is 0.550. The van der Waals surface area contributed by atoms with E-state index in [-0.39, 0.29) is 11.7 Å². The van der Waals surface area contributed by atoms with Gasteiger partial charge in [0.2, 0.25) is 0 Å². The zero-order valence-corrected chi connectivity index (χ0v) is 14.0. The zero-order chi connectivity index (χ0) is 13.8. The largest absolute Gasteiger partial charge is 0.206 e. The van der Waals surface area contributed by atoms with E-state index in [1.54, 1.807) is 6.07 Å². The average molecular weight is 407 g/mol. The van der Waals surface area contributed by atoms with Crippen molar-refractivity contribution in [1.82, 2.24) is 0 Å². The molecule has 4 heteroatoms. The second kappa shape index (κ2) is 6.87. The smallest absolute Gasteiger partial charge is 0.137 e. The number of alkyl halides is 1. The fourth-order valence-corrected chi connectivity index (χ4v) is 3.32. The Hall–Kier alpha value is -0.380. The van der Waals surface area contributed by atoms with Crippen molar-refractivity contribution in [2.75, 3.05) is 5.33 Å². The normalized spacial score (nSPS) is 12.4. The molecule has 1 unspecified atom stereocenters. The SMILES string of the molecule is Fc1cccc(CC(CBr)c2ccccc2Cl)c1Br. The summed E-state index contributed by atoms with van der Waals surface area (Å²) in [5.41, 5.74) is 2.03. The number of hydrogen-bond donors (Lipinski definition) is 0. The standard InChI is InChI=1S/C15H12Br2ClF/c16-9-11(12-5-1-2-6-13(12)18)8-10-4-3-7-14(19)15(10)17/h1-7,11H,8-9H2. The van der Waals surface area contributed by atoms with Gasteiger partial charge >= 0.3 is 0 Å². The topological polar surface area (TPSA) is 0 Å². The van der Waals surface area contributed by atoms with E-state index in [0.717, 1.165) is 27.9 Å². The van der Waals surface area contributed by atoms with E-state index in [9.17, 15) is 4.39 Å². The van der Waals surface area contributed by atoms with Crippen molar-refractivity contribution in [3.8, 4) is 0 Å². The zero-order valence-electron chi connectivity index (χ0n) is 10.0. The van der Waals surface area contributed by atoms with Gasteiger partial charge in [0.05, 0.1) is 4.47 Å². The van der Waals surface area contributed by atoms with Crippen LogP contribution >= 0.6 is 43.5 Å². The fraction of sp³-hybridized carbons (Fsp3) is 0.200. The highest BCUT2D eigenvalue weighted by molar-refractivity contribution is 9.10. The van der Waals surface area contributed by atoms with Crippen LogP contribution in [0.5, 0.6) is 0 Å². The predicted octanol–water partition coefficient (Wildman–Crippen LogP) is 5.96. The summed E-state index contributed by atoms with van der Waals surface area (Å²) < 4.78 is 14.1. The highest BCUT2D eigenvalue weighted by Crippen LogP contribution is 2.31. The van der Waals surface area contributed by atoms with E-state index in [1.807, 2.05) is 30.3 Å². The Balaban J connectivity index is 2.30. The van der Waals surface area contributed by atoms with E-state index in [0.29, 0.717) is 4.47 Å². The lowest BCUT2D eigenvalue weighted by molar-refractivity contribution is 0.616. The predicted molar refractivity (Wildman–Crippen MR) is 85.8 cm³/mol. The second-order valence-electron chi connectivity index (χ2n) is 4.29. The lowest BCUT2D eigenvalue weighted by Gasteiger charge is -2.17. The van der Waals surface area contributed by atoms with Crippen molar-refractivity contribution >= 4 is 43.5 Å². The van der Waals surface area contributed by atoms with Crippen LogP contribution in [0, 0.1) is 5.82 Å². The summed E-state index contributed by atoms with van der Waals surface area (Å²) >= 11 is 13.1. The maximum atomic E-state index is 13.5. The molecule has 0 heterocycles. The summed E-state index contributed by atoms with van der Waals surface area (Å²) in [5.74, 6) is -0.0169. The summed E-state index contributed by atoms with van der Waals surface area (Å²) in [5, 5.41) is 1.53. The Morgan fingerprint density at radius 3 is 2.53 bits per heavy atom. The minimum absolute atomic E-state index is 0.215. The molecule has 2 aromatic carbocycles. The van der Waals surface area contributed by atoms with Crippen molar-refractivity contribution in [2.45, 2.75) is 12.3 Å². The molecule has 0 amide bonds. The van der Waals surface area contributed by atoms with Gasteiger partial charge in [-0.25, -0.2) is 4.39 Å².